The van der Waals surface area contributed by atoms with Gasteiger partial charge in [0.15, 0.2) is 0 Å². The maximum Gasteiger partial charge on any atom is 0.0412 e. The summed E-state index contributed by atoms with van der Waals surface area (Å²) < 4.78 is 0. The Bertz CT molecular complexity index is 532. The fraction of sp³-hybridized carbons (Fsp3) is 0.200. The number of aryl methyl sites for hydroxylation is 1. The second-order valence-electron chi connectivity index (χ2n) is 4.37. The van der Waals surface area contributed by atoms with Crippen LogP contribution < -0.4 is 5.73 Å². The molecule has 1 unspecified atom stereocenters. The molecule has 1 atom stereocenters. The predicted octanol–water partition coefficient (Wildman–Crippen LogP) is 4.34. The Kier molecular flexibility index (Phi) is 3.51. The Labute approximate surface area is 107 Å². The molecule has 17 heavy (non-hydrogen) atoms. The van der Waals surface area contributed by atoms with E-state index in [2.05, 4.69) is 19.1 Å². The van der Waals surface area contributed by atoms with Gasteiger partial charge in [0.05, 0.1) is 0 Å². The Balaban J connectivity index is 2.52. The molecule has 2 heteroatoms. The van der Waals surface area contributed by atoms with E-state index in [-0.39, 0.29) is 6.04 Å². The van der Waals surface area contributed by atoms with Crippen LogP contribution in [0.3, 0.4) is 0 Å². The number of halogens is 1. The summed E-state index contributed by atoms with van der Waals surface area (Å²) >= 11 is 6.04. The lowest BCUT2D eigenvalue weighted by atomic mass is 9.97. The van der Waals surface area contributed by atoms with Crippen molar-refractivity contribution in [3.05, 3.63) is 58.6 Å². The van der Waals surface area contributed by atoms with Crippen LogP contribution in [-0.2, 0) is 0 Å². The van der Waals surface area contributed by atoms with Crippen LogP contribution in [0.4, 0.5) is 0 Å². The van der Waals surface area contributed by atoms with Gasteiger partial charge in [-0.05, 0) is 54.3 Å². The number of nitrogens with two attached hydrogens (primary N) is 1. The summed E-state index contributed by atoms with van der Waals surface area (Å²) in [5.74, 6) is 0. The molecular formula is C15H16ClN. The van der Waals surface area contributed by atoms with Gasteiger partial charge in [0.1, 0.15) is 0 Å². The fourth-order valence-electron chi connectivity index (χ4n) is 1.89. The summed E-state index contributed by atoms with van der Waals surface area (Å²) in [6, 6.07) is 14.3. The molecule has 0 bridgehead atoms. The average Bonchev–Trinajstić information content (AvgIpc) is 2.32. The van der Waals surface area contributed by atoms with Crippen molar-refractivity contribution in [2.75, 3.05) is 0 Å². The van der Waals surface area contributed by atoms with Crippen LogP contribution in [0.1, 0.15) is 24.1 Å². The number of hydrogen-bond donors (Lipinski definition) is 1. The molecule has 1 nitrogen and oxygen atoms in total. The van der Waals surface area contributed by atoms with E-state index in [0.29, 0.717) is 0 Å². The van der Waals surface area contributed by atoms with Gasteiger partial charge in [-0.2, -0.15) is 0 Å². The molecule has 0 aliphatic carbocycles. The summed E-state index contributed by atoms with van der Waals surface area (Å²) in [7, 11) is 0. The SMILES string of the molecule is Cc1ccc(Cl)cc1-c1cccc(C(C)N)c1. The highest BCUT2D eigenvalue weighted by molar-refractivity contribution is 6.30. The van der Waals surface area contributed by atoms with Gasteiger partial charge in [0.25, 0.3) is 0 Å². The highest BCUT2D eigenvalue weighted by atomic mass is 35.5. The van der Waals surface area contributed by atoms with Crippen molar-refractivity contribution < 1.29 is 0 Å². The maximum absolute atomic E-state index is 6.04. The van der Waals surface area contributed by atoms with Gasteiger partial charge in [-0.25, -0.2) is 0 Å². The van der Waals surface area contributed by atoms with Crippen LogP contribution in [0.5, 0.6) is 0 Å². The van der Waals surface area contributed by atoms with Crippen LogP contribution in [0, 0.1) is 6.92 Å². The van der Waals surface area contributed by atoms with Crippen molar-refractivity contribution in [2.45, 2.75) is 19.9 Å². The quantitative estimate of drug-likeness (QED) is 0.837. The van der Waals surface area contributed by atoms with E-state index < -0.39 is 0 Å². The topological polar surface area (TPSA) is 26.0 Å². The molecule has 0 saturated heterocycles. The van der Waals surface area contributed by atoms with Crippen molar-refractivity contribution >= 4 is 11.6 Å². The summed E-state index contributed by atoms with van der Waals surface area (Å²) in [6.45, 7) is 4.08. The van der Waals surface area contributed by atoms with Gasteiger partial charge in [0.2, 0.25) is 0 Å². The first kappa shape index (κ1) is 12.2. The average molecular weight is 246 g/mol. The van der Waals surface area contributed by atoms with Gasteiger partial charge in [-0.3, -0.25) is 0 Å². The smallest absolute Gasteiger partial charge is 0.0412 e. The van der Waals surface area contributed by atoms with E-state index >= 15 is 0 Å². The lowest BCUT2D eigenvalue weighted by Gasteiger charge is -2.10. The van der Waals surface area contributed by atoms with Crippen molar-refractivity contribution in [2.24, 2.45) is 5.73 Å². The molecule has 0 aliphatic heterocycles. The standard InChI is InChI=1S/C15H16ClN/c1-10-6-7-14(16)9-15(10)13-5-3-4-12(8-13)11(2)17/h3-9,11H,17H2,1-2H3. The molecular weight excluding hydrogens is 230 g/mol. The van der Waals surface area contributed by atoms with Crippen molar-refractivity contribution in [3.8, 4) is 11.1 Å². The number of benzene rings is 2. The summed E-state index contributed by atoms with van der Waals surface area (Å²) in [5, 5.41) is 0.761. The third-order valence-electron chi connectivity index (χ3n) is 2.92. The Morgan fingerprint density at radius 2 is 1.88 bits per heavy atom. The Morgan fingerprint density at radius 3 is 2.59 bits per heavy atom. The predicted molar refractivity (Wildman–Crippen MR) is 74.2 cm³/mol. The second-order valence-corrected chi connectivity index (χ2v) is 4.81. The van der Waals surface area contributed by atoms with Crippen LogP contribution in [0.2, 0.25) is 5.02 Å². The van der Waals surface area contributed by atoms with Gasteiger partial charge in [0, 0.05) is 11.1 Å². The van der Waals surface area contributed by atoms with E-state index in [4.69, 9.17) is 17.3 Å². The minimum Gasteiger partial charge on any atom is -0.324 e. The molecule has 0 amide bonds. The number of rotatable bonds is 2. The molecule has 0 fully saturated rings. The lowest BCUT2D eigenvalue weighted by Crippen LogP contribution is -2.04. The summed E-state index contributed by atoms with van der Waals surface area (Å²) in [6.07, 6.45) is 0. The van der Waals surface area contributed by atoms with Crippen LogP contribution in [0.15, 0.2) is 42.5 Å². The summed E-state index contributed by atoms with van der Waals surface area (Å²) in [4.78, 5) is 0. The zero-order valence-corrected chi connectivity index (χ0v) is 10.8. The molecule has 2 aromatic carbocycles. The summed E-state index contributed by atoms with van der Waals surface area (Å²) in [5.41, 5.74) is 10.6. The third kappa shape index (κ3) is 2.68. The molecule has 0 saturated carbocycles. The molecule has 0 heterocycles. The van der Waals surface area contributed by atoms with Crippen molar-refractivity contribution in [3.63, 3.8) is 0 Å². The molecule has 88 valence electrons. The van der Waals surface area contributed by atoms with Gasteiger partial charge in [-0.15, -0.1) is 0 Å². The first-order valence-electron chi connectivity index (χ1n) is 5.70. The second kappa shape index (κ2) is 4.91. The molecule has 2 N–H and O–H groups in total. The molecule has 0 spiro atoms. The normalized spacial score (nSPS) is 12.5. The maximum atomic E-state index is 6.04. The van der Waals surface area contributed by atoms with E-state index in [1.807, 2.05) is 37.3 Å². The van der Waals surface area contributed by atoms with Gasteiger partial charge in [-0.1, -0.05) is 35.9 Å². The molecule has 0 radical (unpaired) electrons. The van der Waals surface area contributed by atoms with Crippen molar-refractivity contribution in [1.82, 2.24) is 0 Å². The molecule has 2 rings (SSSR count). The Morgan fingerprint density at radius 1 is 1.12 bits per heavy atom. The molecule has 0 aromatic heterocycles. The monoisotopic (exact) mass is 245 g/mol. The zero-order chi connectivity index (χ0) is 12.4. The third-order valence-corrected chi connectivity index (χ3v) is 3.16. The molecule has 0 aliphatic rings. The first-order valence-corrected chi connectivity index (χ1v) is 6.08. The molecule has 2 aromatic rings. The largest absolute Gasteiger partial charge is 0.324 e. The minimum atomic E-state index is 0.0504. The van der Waals surface area contributed by atoms with E-state index in [1.54, 1.807) is 0 Å². The minimum absolute atomic E-state index is 0.0504. The van der Waals surface area contributed by atoms with E-state index in [9.17, 15) is 0 Å². The van der Waals surface area contributed by atoms with Crippen LogP contribution >= 0.6 is 11.6 Å². The highest BCUT2D eigenvalue weighted by Gasteiger charge is 2.05. The highest BCUT2D eigenvalue weighted by Crippen LogP contribution is 2.28. The van der Waals surface area contributed by atoms with Crippen LogP contribution in [-0.4, -0.2) is 0 Å². The van der Waals surface area contributed by atoms with Gasteiger partial charge < -0.3 is 5.73 Å². The first-order chi connectivity index (χ1) is 8.08. The van der Waals surface area contributed by atoms with Crippen molar-refractivity contribution in [1.29, 1.82) is 0 Å². The number of hydrogen-bond acceptors (Lipinski definition) is 1. The van der Waals surface area contributed by atoms with E-state index in [0.717, 1.165) is 10.6 Å². The fourth-order valence-corrected chi connectivity index (χ4v) is 2.07. The zero-order valence-electron chi connectivity index (χ0n) is 10.1. The van der Waals surface area contributed by atoms with Gasteiger partial charge >= 0.3 is 0 Å². The lowest BCUT2D eigenvalue weighted by molar-refractivity contribution is 0.818. The van der Waals surface area contributed by atoms with E-state index in [1.165, 1.54) is 16.7 Å². The van der Waals surface area contributed by atoms with Crippen LogP contribution in [0.25, 0.3) is 11.1 Å². The Hall–Kier alpha value is -1.31.